The smallest absolute Gasteiger partial charge is 0.410 e. The molecule has 0 spiro atoms. The zero-order valence-electron chi connectivity index (χ0n) is 12.4. The van der Waals surface area contributed by atoms with Crippen LogP contribution in [0.15, 0.2) is 30.3 Å². The lowest BCUT2D eigenvalue weighted by Gasteiger charge is -2.39. The first kappa shape index (κ1) is 14.9. The van der Waals surface area contributed by atoms with Crippen LogP contribution in [0.3, 0.4) is 0 Å². The van der Waals surface area contributed by atoms with Gasteiger partial charge in [0, 0.05) is 6.54 Å². The molecule has 1 aromatic carbocycles. The van der Waals surface area contributed by atoms with Crippen molar-refractivity contribution in [1.29, 1.82) is 0 Å². The minimum absolute atomic E-state index is 0.320. The van der Waals surface area contributed by atoms with Crippen LogP contribution in [0.4, 0.5) is 4.79 Å². The first-order chi connectivity index (χ1) is 9.38. The van der Waals surface area contributed by atoms with E-state index in [-0.39, 0.29) is 12.1 Å². The zero-order chi connectivity index (χ0) is 14.8. The van der Waals surface area contributed by atoms with Crippen LogP contribution in [0.25, 0.3) is 0 Å². The van der Waals surface area contributed by atoms with E-state index in [0.29, 0.717) is 13.0 Å². The maximum Gasteiger partial charge on any atom is 0.410 e. The molecule has 1 N–H and O–H groups in total. The van der Waals surface area contributed by atoms with Gasteiger partial charge in [-0.3, -0.25) is 4.90 Å². The standard InChI is InChI=1S/C16H23NO3/c1-16(2,3)20-15(19)17-11-7-10-13(18)14(17)12-8-5-4-6-9-12/h4-6,8-9,13-14,18H,7,10-11H2,1-3H3/t13-,14-/m0/s1. The number of piperidine rings is 1. The van der Waals surface area contributed by atoms with Crippen molar-refractivity contribution >= 4 is 6.09 Å². The largest absolute Gasteiger partial charge is 0.444 e. The normalized spacial score (nSPS) is 23.5. The van der Waals surface area contributed by atoms with Crippen molar-refractivity contribution in [2.24, 2.45) is 0 Å². The van der Waals surface area contributed by atoms with Crippen molar-refractivity contribution in [3.8, 4) is 0 Å². The van der Waals surface area contributed by atoms with Gasteiger partial charge in [-0.05, 0) is 39.2 Å². The molecule has 1 fully saturated rings. The fourth-order valence-corrected chi connectivity index (χ4v) is 2.55. The molecule has 1 aliphatic heterocycles. The molecule has 4 nitrogen and oxygen atoms in total. The lowest BCUT2D eigenvalue weighted by Crippen LogP contribution is -2.47. The number of rotatable bonds is 1. The Morgan fingerprint density at radius 1 is 1.30 bits per heavy atom. The van der Waals surface area contributed by atoms with Crippen molar-refractivity contribution in [3.63, 3.8) is 0 Å². The van der Waals surface area contributed by atoms with Crippen LogP contribution in [-0.2, 0) is 4.74 Å². The Morgan fingerprint density at radius 2 is 1.95 bits per heavy atom. The molecule has 1 aromatic rings. The second-order valence-corrected chi connectivity index (χ2v) is 6.24. The molecule has 0 unspecified atom stereocenters. The second-order valence-electron chi connectivity index (χ2n) is 6.24. The number of carbonyl (C=O) groups excluding carboxylic acids is 1. The predicted molar refractivity (Wildman–Crippen MR) is 77.4 cm³/mol. The lowest BCUT2D eigenvalue weighted by molar-refractivity contribution is -0.0239. The van der Waals surface area contributed by atoms with E-state index in [1.807, 2.05) is 51.1 Å². The molecule has 2 atom stereocenters. The van der Waals surface area contributed by atoms with Gasteiger partial charge in [0.2, 0.25) is 0 Å². The van der Waals surface area contributed by atoms with E-state index >= 15 is 0 Å². The molecule has 2 rings (SSSR count). The van der Waals surface area contributed by atoms with E-state index < -0.39 is 11.7 Å². The van der Waals surface area contributed by atoms with Crippen LogP contribution in [0.5, 0.6) is 0 Å². The molecule has 4 heteroatoms. The summed E-state index contributed by atoms with van der Waals surface area (Å²) < 4.78 is 5.45. The molecule has 1 saturated heterocycles. The average Bonchev–Trinajstić information content (AvgIpc) is 2.37. The highest BCUT2D eigenvalue weighted by Crippen LogP contribution is 2.32. The van der Waals surface area contributed by atoms with E-state index in [9.17, 15) is 9.90 Å². The summed E-state index contributed by atoms with van der Waals surface area (Å²) in [5.74, 6) is 0. The first-order valence-electron chi connectivity index (χ1n) is 7.11. The van der Waals surface area contributed by atoms with Crippen LogP contribution in [0, 0.1) is 0 Å². The zero-order valence-corrected chi connectivity index (χ0v) is 12.4. The number of carbonyl (C=O) groups is 1. The summed E-state index contributed by atoms with van der Waals surface area (Å²) in [7, 11) is 0. The van der Waals surface area contributed by atoms with Crippen molar-refractivity contribution in [2.45, 2.75) is 51.4 Å². The van der Waals surface area contributed by atoms with Crippen molar-refractivity contribution in [3.05, 3.63) is 35.9 Å². The van der Waals surface area contributed by atoms with E-state index in [2.05, 4.69) is 0 Å². The molecule has 1 aliphatic rings. The summed E-state index contributed by atoms with van der Waals surface area (Å²) in [6.45, 7) is 6.17. The molecular formula is C16H23NO3. The Kier molecular flexibility index (Phi) is 4.33. The minimum atomic E-state index is -0.543. The van der Waals surface area contributed by atoms with Crippen LogP contribution in [0.1, 0.15) is 45.2 Å². The fraction of sp³-hybridized carbons (Fsp3) is 0.562. The van der Waals surface area contributed by atoms with Crippen LogP contribution >= 0.6 is 0 Å². The van der Waals surface area contributed by atoms with Crippen molar-refractivity contribution < 1.29 is 14.6 Å². The number of likely N-dealkylation sites (tertiary alicyclic amines) is 1. The highest BCUT2D eigenvalue weighted by Gasteiger charge is 2.36. The van der Waals surface area contributed by atoms with Crippen LogP contribution in [0.2, 0.25) is 0 Å². The number of hydrogen-bond acceptors (Lipinski definition) is 3. The monoisotopic (exact) mass is 277 g/mol. The molecule has 1 heterocycles. The van der Waals surface area contributed by atoms with Crippen LogP contribution < -0.4 is 0 Å². The summed E-state index contributed by atoms with van der Waals surface area (Å²) in [4.78, 5) is 14.0. The number of amides is 1. The highest BCUT2D eigenvalue weighted by atomic mass is 16.6. The second kappa shape index (κ2) is 5.83. The molecule has 0 aromatic heterocycles. The third-order valence-corrected chi connectivity index (χ3v) is 3.37. The SMILES string of the molecule is CC(C)(C)OC(=O)N1CCC[C@H](O)[C@@H]1c1ccccc1. The number of ether oxygens (including phenoxy) is 1. The molecule has 110 valence electrons. The lowest BCUT2D eigenvalue weighted by atomic mass is 9.93. The highest BCUT2D eigenvalue weighted by molar-refractivity contribution is 5.69. The Balaban J connectivity index is 2.23. The Morgan fingerprint density at radius 3 is 2.55 bits per heavy atom. The Labute approximate surface area is 120 Å². The molecule has 1 amide bonds. The van der Waals surface area contributed by atoms with Gasteiger partial charge in [-0.1, -0.05) is 30.3 Å². The molecule has 0 saturated carbocycles. The molecule has 0 radical (unpaired) electrons. The first-order valence-corrected chi connectivity index (χ1v) is 7.11. The fourth-order valence-electron chi connectivity index (χ4n) is 2.55. The van der Waals surface area contributed by atoms with Crippen molar-refractivity contribution in [2.75, 3.05) is 6.54 Å². The molecular weight excluding hydrogens is 254 g/mol. The van der Waals surface area contributed by atoms with Crippen molar-refractivity contribution in [1.82, 2.24) is 4.90 Å². The molecule has 0 bridgehead atoms. The maximum atomic E-state index is 12.3. The third kappa shape index (κ3) is 3.51. The number of aliphatic hydroxyl groups excluding tert-OH is 1. The van der Waals surface area contributed by atoms with E-state index in [1.165, 1.54) is 0 Å². The maximum absolute atomic E-state index is 12.3. The summed E-state index contributed by atoms with van der Waals surface area (Å²) in [6.07, 6.45) is 0.603. The van der Waals surface area contributed by atoms with Gasteiger partial charge >= 0.3 is 6.09 Å². The van der Waals surface area contributed by atoms with Gasteiger partial charge in [0.05, 0.1) is 12.1 Å². The van der Waals surface area contributed by atoms with E-state index in [1.54, 1.807) is 4.90 Å². The summed E-state index contributed by atoms with van der Waals surface area (Å²) in [5.41, 5.74) is 0.423. The molecule has 20 heavy (non-hydrogen) atoms. The average molecular weight is 277 g/mol. The number of benzene rings is 1. The van der Waals surface area contributed by atoms with Gasteiger partial charge in [-0.15, -0.1) is 0 Å². The van der Waals surface area contributed by atoms with E-state index in [0.717, 1.165) is 12.0 Å². The predicted octanol–water partition coefficient (Wildman–Crippen LogP) is 3.12. The van der Waals surface area contributed by atoms with Gasteiger partial charge < -0.3 is 9.84 Å². The van der Waals surface area contributed by atoms with Gasteiger partial charge in [0.1, 0.15) is 5.60 Å². The quantitative estimate of drug-likeness (QED) is 0.858. The third-order valence-electron chi connectivity index (χ3n) is 3.37. The minimum Gasteiger partial charge on any atom is -0.444 e. The number of nitrogens with zero attached hydrogens (tertiary/aromatic N) is 1. The summed E-state index contributed by atoms with van der Waals surface area (Å²) >= 11 is 0. The summed E-state index contributed by atoms with van der Waals surface area (Å²) in [6, 6.07) is 9.33. The van der Waals surface area contributed by atoms with Gasteiger partial charge in [0.15, 0.2) is 0 Å². The Bertz CT molecular complexity index is 453. The van der Waals surface area contributed by atoms with Crippen LogP contribution in [-0.4, -0.2) is 34.3 Å². The topological polar surface area (TPSA) is 49.8 Å². The number of hydrogen-bond donors (Lipinski definition) is 1. The van der Waals surface area contributed by atoms with E-state index in [4.69, 9.17) is 4.74 Å². The van der Waals surface area contributed by atoms with Gasteiger partial charge in [-0.25, -0.2) is 4.79 Å². The molecule has 0 aliphatic carbocycles. The summed E-state index contributed by atoms with van der Waals surface area (Å²) in [5, 5.41) is 10.3. The Hall–Kier alpha value is -1.55. The number of aliphatic hydroxyl groups is 1. The van der Waals surface area contributed by atoms with Gasteiger partial charge in [-0.2, -0.15) is 0 Å². The van der Waals surface area contributed by atoms with Gasteiger partial charge in [0.25, 0.3) is 0 Å².